The maximum absolute atomic E-state index is 13.9. The van der Waals surface area contributed by atoms with Gasteiger partial charge in [-0.25, -0.2) is 4.79 Å². The number of carbonyl (C=O) groups excluding carboxylic acids is 7. The first-order chi connectivity index (χ1) is 33.0. The van der Waals surface area contributed by atoms with E-state index in [1.165, 1.54) is 9.80 Å². The standard InChI is InChI=1S/C45H66N14O10/c46-29(15-7-19-51-44(47)48)41(66)59-22-10-18-35(59)42(67)58-21-9-17-34(58)40(65)53-25-36(61)54-31(23-27-11-3-1-4-12-27)37(62)57-33(26-60)39(64)56-32(24-28-13-5-2-6-14-28)38(63)55-30(43(68)69)16-8-20-52-45(49)50/h1-6,11-14,29-35,60H,7-10,15-26,46H2,(H,53,65)(H,54,61)(H,55,63)(H,56,64)(H,57,62)(H,68,69)(H4,47,48,51)(H4,49,50,52)/t29-,30-,31-,32-,33-,34-,35-/m0/s1. The summed E-state index contributed by atoms with van der Waals surface area (Å²) < 4.78 is 0. The average molecular weight is 963 g/mol. The summed E-state index contributed by atoms with van der Waals surface area (Å²) in [7, 11) is 0. The summed E-state index contributed by atoms with van der Waals surface area (Å²) in [5.74, 6) is -6.76. The molecule has 376 valence electrons. The molecular formula is C45H66N14O10. The van der Waals surface area contributed by atoms with Gasteiger partial charge < -0.3 is 74.4 Å². The summed E-state index contributed by atoms with van der Waals surface area (Å²) in [5.41, 5.74) is 18.0. The molecule has 2 aliphatic rings. The molecule has 0 spiro atoms. The van der Waals surface area contributed by atoms with E-state index in [-0.39, 0.29) is 56.6 Å². The largest absolute Gasteiger partial charge is 0.480 e. The van der Waals surface area contributed by atoms with Crippen molar-refractivity contribution in [2.45, 2.75) is 107 Å². The van der Waals surface area contributed by atoms with Crippen molar-refractivity contribution >= 4 is 59.2 Å². The van der Waals surface area contributed by atoms with Crippen molar-refractivity contribution in [3.05, 3.63) is 71.8 Å². The number of amides is 7. The molecule has 7 atom stereocenters. The van der Waals surface area contributed by atoms with Gasteiger partial charge in [0, 0.05) is 39.0 Å². The lowest BCUT2D eigenvalue weighted by Crippen LogP contribution is -2.59. The number of rotatable bonds is 26. The Bertz CT molecular complexity index is 2120. The molecule has 0 bridgehead atoms. The Morgan fingerprint density at radius 2 is 1.12 bits per heavy atom. The summed E-state index contributed by atoms with van der Waals surface area (Å²) in [6.45, 7) is -0.420. The molecule has 17 N–H and O–H groups in total. The number of aliphatic hydroxyl groups is 1. The first kappa shape index (κ1) is 54.3. The van der Waals surface area contributed by atoms with E-state index in [0.717, 1.165) is 0 Å². The first-order valence-electron chi connectivity index (χ1n) is 22.9. The topological polar surface area (TPSA) is 393 Å². The molecule has 24 heteroatoms. The van der Waals surface area contributed by atoms with E-state index in [1.54, 1.807) is 60.7 Å². The van der Waals surface area contributed by atoms with Gasteiger partial charge in [0.05, 0.1) is 19.2 Å². The number of carboxylic acids is 1. The van der Waals surface area contributed by atoms with Crippen LogP contribution in [0.5, 0.6) is 0 Å². The minimum Gasteiger partial charge on any atom is -0.480 e. The van der Waals surface area contributed by atoms with E-state index >= 15 is 0 Å². The van der Waals surface area contributed by atoms with E-state index in [0.29, 0.717) is 62.7 Å². The maximum Gasteiger partial charge on any atom is 0.326 e. The fourth-order valence-electron chi connectivity index (χ4n) is 8.11. The molecule has 2 fully saturated rings. The summed E-state index contributed by atoms with van der Waals surface area (Å²) >= 11 is 0. The van der Waals surface area contributed by atoms with Crippen LogP contribution >= 0.6 is 0 Å². The average Bonchev–Trinajstić information content (AvgIpc) is 4.03. The predicted octanol–water partition coefficient (Wildman–Crippen LogP) is -3.56. The number of carboxylic acid groups (broad SMARTS) is 1. The van der Waals surface area contributed by atoms with E-state index in [4.69, 9.17) is 28.0 Å². The van der Waals surface area contributed by atoms with Crippen LogP contribution in [0.1, 0.15) is 62.5 Å². The highest BCUT2D eigenvalue weighted by atomic mass is 16.4. The Kier molecular flexibility index (Phi) is 21.6. The number of hydrogen-bond donors (Lipinski definition) is 14. The number of nitrogens with one attached hydrogen (secondary N) is 9. The summed E-state index contributed by atoms with van der Waals surface area (Å²) in [6, 6.07) is 8.77. The molecule has 0 aliphatic carbocycles. The lowest BCUT2D eigenvalue weighted by molar-refractivity contribution is -0.147. The zero-order valence-corrected chi connectivity index (χ0v) is 38.4. The molecule has 2 saturated heterocycles. The van der Waals surface area contributed by atoms with Crippen molar-refractivity contribution in [3.8, 4) is 0 Å². The molecule has 0 aromatic heterocycles. The maximum atomic E-state index is 13.9. The van der Waals surface area contributed by atoms with E-state index in [9.17, 15) is 48.6 Å². The quantitative estimate of drug-likeness (QED) is 0.0247. The van der Waals surface area contributed by atoms with Gasteiger partial charge in [0.15, 0.2) is 11.9 Å². The highest BCUT2D eigenvalue weighted by Crippen LogP contribution is 2.26. The first-order valence-corrected chi connectivity index (χ1v) is 22.9. The number of hydrogen-bond acceptors (Lipinski definition) is 12. The number of benzene rings is 2. The summed E-state index contributed by atoms with van der Waals surface area (Å²) in [6.07, 6.45) is 2.55. The normalized spacial score (nSPS) is 17.5. The van der Waals surface area contributed by atoms with E-state index < -0.39 is 96.9 Å². The Morgan fingerprint density at radius 1 is 0.638 bits per heavy atom. The van der Waals surface area contributed by atoms with Crippen molar-refractivity contribution in [1.82, 2.24) is 47.0 Å². The van der Waals surface area contributed by atoms with Gasteiger partial charge >= 0.3 is 5.97 Å². The van der Waals surface area contributed by atoms with Gasteiger partial charge in [0.2, 0.25) is 41.4 Å². The van der Waals surface area contributed by atoms with Gasteiger partial charge in [0.1, 0.15) is 36.3 Å². The van der Waals surface area contributed by atoms with Crippen LogP contribution in [0.25, 0.3) is 0 Å². The SMILES string of the molecule is N=C(N)NCCC[C@H](NC(=O)[C@H](Cc1ccccc1)NC(=O)[C@H](CO)NC(=O)[C@H](Cc1ccccc1)NC(=O)CNC(=O)[C@@H]1CCCN1C(=O)[C@@H]1CCCN1C(=O)[C@@H](N)CCCNC(=N)N)C(=O)O. The Balaban J connectivity index is 1.39. The van der Waals surface area contributed by atoms with Crippen LogP contribution in [-0.4, -0.2) is 161 Å². The lowest BCUT2D eigenvalue weighted by Gasteiger charge is -2.32. The molecule has 4 rings (SSSR count). The smallest absolute Gasteiger partial charge is 0.326 e. The number of nitrogens with zero attached hydrogens (tertiary/aromatic N) is 2. The molecule has 0 radical (unpaired) electrons. The minimum absolute atomic E-state index is 0.0385. The van der Waals surface area contributed by atoms with Gasteiger partial charge in [-0.15, -0.1) is 0 Å². The van der Waals surface area contributed by atoms with Crippen LogP contribution in [-0.2, 0) is 51.2 Å². The third-order valence-corrected chi connectivity index (χ3v) is 11.7. The van der Waals surface area contributed by atoms with Gasteiger partial charge in [-0.1, -0.05) is 60.7 Å². The Labute approximate surface area is 399 Å². The van der Waals surface area contributed by atoms with Gasteiger partial charge in [-0.3, -0.25) is 44.4 Å². The van der Waals surface area contributed by atoms with Crippen molar-refractivity contribution in [3.63, 3.8) is 0 Å². The Hall–Kier alpha value is -7.34. The van der Waals surface area contributed by atoms with Gasteiger partial charge in [-0.2, -0.15) is 0 Å². The fourth-order valence-corrected chi connectivity index (χ4v) is 8.11. The van der Waals surface area contributed by atoms with Crippen molar-refractivity contribution < 1.29 is 48.6 Å². The Morgan fingerprint density at radius 3 is 1.65 bits per heavy atom. The van der Waals surface area contributed by atoms with E-state index in [1.807, 2.05) is 0 Å². The molecule has 69 heavy (non-hydrogen) atoms. The monoisotopic (exact) mass is 963 g/mol. The zero-order chi connectivity index (χ0) is 50.5. The third kappa shape index (κ3) is 17.4. The van der Waals surface area contributed by atoms with Crippen LogP contribution in [0.2, 0.25) is 0 Å². The molecule has 7 amide bonds. The second-order valence-corrected chi connectivity index (χ2v) is 16.9. The molecule has 0 unspecified atom stereocenters. The van der Waals surface area contributed by atoms with Crippen LogP contribution in [0.3, 0.4) is 0 Å². The van der Waals surface area contributed by atoms with Crippen molar-refractivity contribution in [2.75, 3.05) is 39.3 Å². The van der Waals surface area contributed by atoms with Crippen LogP contribution in [0.15, 0.2) is 60.7 Å². The van der Waals surface area contributed by atoms with Crippen molar-refractivity contribution in [2.24, 2.45) is 17.2 Å². The number of aliphatic hydroxyl groups excluding tert-OH is 1. The molecule has 2 aromatic carbocycles. The van der Waals surface area contributed by atoms with Crippen LogP contribution in [0, 0.1) is 10.8 Å². The second-order valence-electron chi connectivity index (χ2n) is 16.9. The number of nitrogens with two attached hydrogens (primary N) is 3. The third-order valence-electron chi connectivity index (χ3n) is 11.7. The summed E-state index contributed by atoms with van der Waals surface area (Å²) in [5, 5.41) is 52.4. The highest BCUT2D eigenvalue weighted by Gasteiger charge is 2.43. The van der Waals surface area contributed by atoms with E-state index in [2.05, 4.69) is 37.2 Å². The highest BCUT2D eigenvalue weighted by molar-refractivity contribution is 5.97. The minimum atomic E-state index is -1.64. The van der Waals surface area contributed by atoms with Gasteiger partial charge in [0.25, 0.3) is 0 Å². The molecular weight excluding hydrogens is 897 g/mol. The van der Waals surface area contributed by atoms with Gasteiger partial charge in [-0.05, 0) is 62.5 Å². The van der Waals surface area contributed by atoms with Crippen LogP contribution < -0.4 is 54.4 Å². The fraction of sp³-hybridized carbons (Fsp3) is 0.511. The molecule has 2 heterocycles. The molecule has 2 aliphatic heterocycles. The number of guanidine groups is 2. The lowest BCUT2D eigenvalue weighted by atomic mass is 10.0. The predicted molar refractivity (Wildman–Crippen MR) is 251 cm³/mol. The number of likely N-dealkylation sites (tertiary alicyclic amines) is 2. The van der Waals surface area contributed by atoms with Crippen molar-refractivity contribution in [1.29, 1.82) is 10.8 Å². The molecule has 2 aromatic rings. The molecule has 24 nitrogen and oxygen atoms in total. The van der Waals surface area contributed by atoms with Crippen LogP contribution in [0.4, 0.5) is 0 Å². The zero-order valence-electron chi connectivity index (χ0n) is 38.4. The second kappa shape index (κ2) is 27.5. The summed E-state index contributed by atoms with van der Waals surface area (Å²) in [4.78, 5) is 110. The number of carbonyl (C=O) groups is 8. The number of aliphatic carboxylic acids is 1. The molecule has 0 saturated carbocycles.